The molecule has 7 aromatic carbocycles. The minimum atomic E-state index is 0.581. The summed E-state index contributed by atoms with van der Waals surface area (Å²) < 4.78 is 4.46. The third-order valence-electron chi connectivity index (χ3n) is 9.62. The molecule has 0 aliphatic heterocycles. The van der Waals surface area contributed by atoms with Crippen LogP contribution in [0.15, 0.2) is 152 Å². The van der Waals surface area contributed by atoms with E-state index in [1.807, 2.05) is 84.9 Å². The Kier molecular flexibility index (Phi) is 6.56. The minimum Gasteiger partial charge on any atom is -0.309 e. The van der Waals surface area contributed by atoms with E-state index < -0.39 is 0 Å². The Balaban J connectivity index is 1.24. The van der Waals surface area contributed by atoms with E-state index in [1.54, 1.807) is 0 Å². The number of hydrogen-bond acceptors (Lipinski definition) is 2. The van der Waals surface area contributed by atoms with Crippen molar-refractivity contribution in [1.29, 1.82) is 10.5 Å². The van der Waals surface area contributed by atoms with Gasteiger partial charge in [-0.05, 0) is 88.8 Å². The van der Waals surface area contributed by atoms with E-state index in [-0.39, 0.29) is 0 Å². The minimum absolute atomic E-state index is 0.581. The lowest BCUT2D eigenvalue weighted by Crippen LogP contribution is -2.00. The van der Waals surface area contributed by atoms with Crippen LogP contribution in [0.1, 0.15) is 11.1 Å². The number of aromatic nitrogens is 2. The molecular formula is C45H25N5. The highest BCUT2D eigenvalue weighted by molar-refractivity contribution is 6.11. The number of nitriles is 2. The molecule has 2 heterocycles. The second-order valence-corrected chi connectivity index (χ2v) is 12.3. The molecule has 0 N–H and O–H groups in total. The molecule has 230 valence electrons. The van der Waals surface area contributed by atoms with Gasteiger partial charge in [0.1, 0.15) is 0 Å². The highest BCUT2D eigenvalue weighted by Crippen LogP contribution is 2.42. The molecule has 0 unspecified atom stereocenters. The lowest BCUT2D eigenvalue weighted by molar-refractivity contribution is 1.18. The summed E-state index contributed by atoms with van der Waals surface area (Å²) in [7, 11) is 0. The zero-order chi connectivity index (χ0) is 33.8. The van der Waals surface area contributed by atoms with Gasteiger partial charge in [0.25, 0.3) is 0 Å². The van der Waals surface area contributed by atoms with Crippen molar-refractivity contribution in [2.45, 2.75) is 0 Å². The van der Waals surface area contributed by atoms with Gasteiger partial charge in [-0.25, -0.2) is 4.85 Å². The first-order valence-electron chi connectivity index (χ1n) is 16.3. The molecule has 0 radical (unpaired) electrons. The van der Waals surface area contributed by atoms with Crippen LogP contribution in [-0.2, 0) is 0 Å². The summed E-state index contributed by atoms with van der Waals surface area (Å²) in [6, 6.07) is 55.6. The van der Waals surface area contributed by atoms with E-state index in [9.17, 15) is 10.5 Å². The smallest absolute Gasteiger partial charge is 0.188 e. The predicted molar refractivity (Wildman–Crippen MR) is 202 cm³/mol. The lowest BCUT2D eigenvalue weighted by atomic mass is 9.90. The van der Waals surface area contributed by atoms with Crippen molar-refractivity contribution in [3.8, 4) is 45.8 Å². The van der Waals surface area contributed by atoms with E-state index in [0.717, 1.165) is 77.2 Å². The predicted octanol–water partition coefficient (Wildman–Crippen LogP) is 11.5. The first-order chi connectivity index (χ1) is 24.7. The van der Waals surface area contributed by atoms with Crippen LogP contribution in [0.3, 0.4) is 0 Å². The second kappa shape index (κ2) is 11.4. The van der Waals surface area contributed by atoms with Crippen molar-refractivity contribution in [2.24, 2.45) is 0 Å². The quantitative estimate of drug-likeness (QED) is 0.181. The third kappa shape index (κ3) is 4.31. The van der Waals surface area contributed by atoms with Crippen molar-refractivity contribution in [3.05, 3.63) is 174 Å². The third-order valence-corrected chi connectivity index (χ3v) is 9.62. The van der Waals surface area contributed by atoms with Crippen molar-refractivity contribution >= 4 is 49.3 Å². The highest BCUT2D eigenvalue weighted by atomic mass is 15.0. The Morgan fingerprint density at radius 1 is 0.500 bits per heavy atom. The highest BCUT2D eigenvalue weighted by Gasteiger charge is 2.21. The largest absolute Gasteiger partial charge is 0.309 e. The molecule has 0 saturated heterocycles. The summed E-state index contributed by atoms with van der Waals surface area (Å²) in [5.41, 5.74) is 11.7. The number of benzene rings is 7. The van der Waals surface area contributed by atoms with Crippen molar-refractivity contribution in [3.63, 3.8) is 0 Å². The summed E-state index contributed by atoms with van der Waals surface area (Å²) in [5.74, 6) is 0. The van der Waals surface area contributed by atoms with E-state index in [0.29, 0.717) is 16.8 Å². The fraction of sp³-hybridized carbons (Fsp3) is 0. The van der Waals surface area contributed by atoms with Crippen LogP contribution in [0, 0.1) is 29.2 Å². The molecule has 0 saturated carbocycles. The summed E-state index contributed by atoms with van der Waals surface area (Å²) in [6.07, 6.45) is 0. The standard InChI is InChI=1S/C45H25N5/c1-48-32-20-24-43-39(26-32)36-12-5-7-15-41(36)50(43)44-16-8-9-31(28-47)45(44)37-13-3-2-10-34(37)30-18-21-33(22-19-30)49-40-14-6-4-11-35(40)38-25-29(27-46)17-23-42(38)49/h2-26H. The molecular weight excluding hydrogens is 611 g/mol. The van der Waals surface area contributed by atoms with Gasteiger partial charge >= 0.3 is 0 Å². The number of rotatable bonds is 4. The van der Waals surface area contributed by atoms with Gasteiger partial charge in [-0.15, -0.1) is 0 Å². The number of para-hydroxylation sites is 2. The van der Waals surface area contributed by atoms with E-state index in [2.05, 4.69) is 92.8 Å². The average Bonchev–Trinajstić information content (AvgIpc) is 3.69. The molecule has 9 aromatic rings. The van der Waals surface area contributed by atoms with Gasteiger partial charge in [-0.1, -0.05) is 84.9 Å². The number of nitrogens with zero attached hydrogens (tertiary/aromatic N) is 5. The normalized spacial score (nSPS) is 11.1. The molecule has 5 heteroatoms. The molecule has 5 nitrogen and oxygen atoms in total. The molecule has 0 spiro atoms. The Bertz CT molecular complexity index is 2960. The molecule has 0 atom stereocenters. The van der Waals surface area contributed by atoms with Gasteiger partial charge in [0, 0.05) is 27.4 Å². The Morgan fingerprint density at radius 2 is 1.12 bits per heavy atom. The van der Waals surface area contributed by atoms with Crippen LogP contribution in [0.4, 0.5) is 5.69 Å². The summed E-state index contributed by atoms with van der Waals surface area (Å²) >= 11 is 0. The van der Waals surface area contributed by atoms with E-state index in [1.165, 1.54) is 0 Å². The Hall–Kier alpha value is -7.39. The molecule has 50 heavy (non-hydrogen) atoms. The van der Waals surface area contributed by atoms with Crippen LogP contribution in [0.25, 0.3) is 82.1 Å². The van der Waals surface area contributed by atoms with Crippen LogP contribution in [0.5, 0.6) is 0 Å². The first kappa shape index (κ1) is 28.8. The van der Waals surface area contributed by atoms with E-state index in [4.69, 9.17) is 6.57 Å². The zero-order valence-corrected chi connectivity index (χ0v) is 26.7. The number of hydrogen-bond donors (Lipinski definition) is 0. The first-order valence-corrected chi connectivity index (χ1v) is 16.3. The van der Waals surface area contributed by atoms with E-state index >= 15 is 0 Å². The summed E-state index contributed by atoms with van der Waals surface area (Å²) in [4.78, 5) is 3.69. The van der Waals surface area contributed by atoms with Crippen molar-refractivity contribution in [1.82, 2.24) is 9.13 Å². The Labute approximate surface area is 288 Å². The molecule has 0 aliphatic carbocycles. The molecule has 0 aliphatic rings. The molecule has 2 aromatic heterocycles. The monoisotopic (exact) mass is 635 g/mol. The average molecular weight is 636 g/mol. The summed E-state index contributed by atoms with van der Waals surface area (Å²) in [5, 5.41) is 24.3. The zero-order valence-electron chi connectivity index (χ0n) is 26.7. The van der Waals surface area contributed by atoms with Gasteiger partial charge in [-0.2, -0.15) is 10.5 Å². The summed E-state index contributed by atoms with van der Waals surface area (Å²) in [6.45, 7) is 7.61. The maximum Gasteiger partial charge on any atom is 0.188 e. The van der Waals surface area contributed by atoms with Crippen molar-refractivity contribution < 1.29 is 0 Å². The van der Waals surface area contributed by atoms with Crippen molar-refractivity contribution in [2.75, 3.05) is 0 Å². The molecule has 0 fully saturated rings. The fourth-order valence-corrected chi connectivity index (χ4v) is 7.46. The van der Waals surface area contributed by atoms with Gasteiger partial charge in [0.2, 0.25) is 0 Å². The molecule has 0 bridgehead atoms. The second-order valence-electron chi connectivity index (χ2n) is 12.3. The van der Waals surface area contributed by atoms with Crippen LogP contribution in [0.2, 0.25) is 0 Å². The maximum absolute atomic E-state index is 10.5. The molecule has 0 amide bonds. The molecule has 9 rings (SSSR count). The van der Waals surface area contributed by atoms with Gasteiger partial charge in [-0.3, -0.25) is 0 Å². The van der Waals surface area contributed by atoms with Gasteiger partial charge in [0.05, 0.1) is 57.6 Å². The van der Waals surface area contributed by atoms with Crippen LogP contribution >= 0.6 is 0 Å². The van der Waals surface area contributed by atoms with Crippen LogP contribution < -0.4 is 0 Å². The topological polar surface area (TPSA) is 61.8 Å². The maximum atomic E-state index is 10.5. The van der Waals surface area contributed by atoms with Gasteiger partial charge < -0.3 is 9.13 Å². The fourth-order valence-electron chi connectivity index (χ4n) is 7.46. The Morgan fingerprint density at radius 3 is 1.84 bits per heavy atom. The number of fused-ring (bicyclic) bond motifs is 6. The van der Waals surface area contributed by atoms with Gasteiger partial charge in [0.15, 0.2) is 5.69 Å². The lowest BCUT2D eigenvalue weighted by Gasteiger charge is -2.18. The van der Waals surface area contributed by atoms with Crippen LogP contribution in [-0.4, -0.2) is 9.13 Å². The SMILES string of the molecule is [C-]#[N+]c1ccc2c(c1)c1ccccc1n2-c1cccc(C#N)c1-c1ccccc1-c1ccc(-n2c3ccccc3c3cc(C#N)ccc32)cc1.